The molecule has 0 amide bonds. The quantitative estimate of drug-likeness (QED) is 0.861. The third kappa shape index (κ3) is 3.11. The zero-order valence-corrected chi connectivity index (χ0v) is 8.43. The number of hydrogen-bond acceptors (Lipinski definition) is 2. The zero-order valence-electron chi connectivity index (χ0n) is 8.43. The number of aliphatic carboxylic acids is 1. The maximum atomic E-state index is 13.3. The van der Waals surface area contributed by atoms with E-state index in [-0.39, 0.29) is 0 Å². The normalized spacial score (nSPS) is 11.9. The molecule has 9 heteroatoms. The Morgan fingerprint density at radius 1 is 1.39 bits per heavy atom. The lowest BCUT2D eigenvalue weighted by molar-refractivity contribution is -0.144. The number of carbonyl (C=O) groups is 1. The van der Waals surface area contributed by atoms with Crippen LogP contribution in [0.1, 0.15) is 23.4 Å². The van der Waals surface area contributed by atoms with Crippen LogP contribution in [0, 0.1) is 5.82 Å². The zero-order chi connectivity index (χ0) is 14.1. The van der Waals surface area contributed by atoms with Crippen LogP contribution in [0.4, 0.5) is 26.3 Å². The van der Waals surface area contributed by atoms with E-state index in [1.165, 1.54) is 0 Å². The van der Waals surface area contributed by atoms with E-state index in [1.807, 2.05) is 0 Å². The van der Waals surface area contributed by atoms with Crippen molar-refractivity contribution >= 4 is 5.97 Å². The highest BCUT2D eigenvalue weighted by Gasteiger charge is 2.38. The fourth-order valence-electron chi connectivity index (χ4n) is 1.20. The van der Waals surface area contributed by atoms with Gasteiger partial charge >= 0.3 is 12.1 Å². The van der Waals surface area contributed by atoms with E-state index < -0.39 is 47.8 Å². The summed E-state index contributed by atoms with van der Waals surface area (Å²) in [6.07, 6.45) is -9.78. The molecule has 18 heavy (non-hydrogen) atoms. The van der Waals surface area contributed by atoms with Gasteiger partial charge in [-0.05, 0) is 6.07 Å². The minimum absolute atomic E-state index is 0.309. The molecule has 3 nitrogen and oxygen atoms in total. The second-order valence-corrected chi connectivity index (χ2v) is 3.24. The van der Waals surface area contributed by atoms with Gasteiger partial charge in [-0.2, -0.15) is 13.2 Å². The number of nitrogens with zero attached hydrogens (tertiary/aromatic N) is 1. The van der Waals surface area contributed by atoms with E-state index in [0.29, 0.717) is 6.07 Å². The van der Waals surface area contributed by atoms with Gasteiger partial charge < -0.3 is 5.11 Å². The molecule has 1 heterocycles. The molecule has 0 aromatic carbocycles. The summed E-state index contributed by atoms with van der Waals surface area (Å²) in [7, 11) is 0. The van der Waals surface area contributed by atoms with E-state index in [2.05, 4.69) is 4.98 Å². The molecule has 0 aliphatic rings. The van der Waals surface area contributed by atoms with Gasteiger partial charge in [0.1, 0.15) is 5.69 Å². The molecule has 0 aliphatic heterocycles. The highest BCUT2D eigenvalue weighted by atomic mass is 19.4. The minimum atomic E-state index is -5.28. The summed E-state index contributed by atoms with van der Waals surface area (Å²) in [5.41, 5.74) is -4.45. The van der Waals surface area contributed by atoms with E-state index >= 15 is 0 Å². The van der Waals surface area contributed by atoms with Crippen LogP contribution in [0.3, 0.4) is 0 Å². The standard InChI is InChI=1S/C9H5F6NO2/c10-6-3(2-5(17)18)1-4(8(11)12)16-7(6)9(13,14)15/h1,8H,2H2,(H,17,18). The van der Waals surface area contributed by atoms with E-state index in [1.54, 1.807) is 0 Å². The fraction of sp³-hybridized carbons (Fsp3) is 0.333. The van der Waals surface area contributed by atoms with Gasteiger partial charge in [-0.15, -0.1) is 0 Å². The van der Waals surface area contributed by atoms with Crippen LogP contribution in [0.15, 0.2) is 6.07 Å². The Morgan fingerprint density at radius 2 is 1.94 bits per heavy atom. The number of rotatable bonds is 3. The minimum Gasteiger partial charge on any atom is -0.481 e. The molecular weight excluding hydrogens is 268 g/mol. The maximum absolute atomic E-state index is 13.3. The van der Waals surface area contributed by atoms with Crippen molar-refractivity contribution in [3.05, 3.63) is 28.8 Å². The maximum Gasteiger partial charge on any atom is 0.436 e. The van der Waals surface area contributed by atoms with Crippen LogP contribution in [-0.2, 0) is 17.4 Å². The van der Waals surface area contributed by atoms with Crippen LogP contribution >= 0.6 is 0 Å². The lowest BCUT2D eigenvalue weighted by Gasteiger charge is -2.11. The van der Waals surface area contributed by atoms with Gasteiger partial charge in [-0.1, -0.05) is 0 Å². The molecule has 1 aromatic rings. The summed E-state index contributed by atoms with van der Waals surface area (Å²) in [5, 5.41) is 8.36. The van der Waals surface area contributed by atoms with Crippen molar-refractivity contribution in [3.8, 4) is 0 Å². The molecule has 0 radical (unpaired) electrons. The Kier molecular flexibility index (Phi) is 3.82. The third-order valence-electron chi connectivity index (χ3n) is 1.89. The van der Waals surface area contributed by atoms with Gasteiger partial charge in [0.25, 0.3) is 6.43 Å². The second kappa shape index (κ2) is 4.83. The topological polar surface area (TPSA) is 50.2 Å². The van der Waals surface area contributed by atoms with Gasteiger partial charge in [-0.3, -0.25) is 4.79 Å². The first-order valence-electron chi connectivity index (χ1n) is 4.39. The van der Waals surface area contributed by atoms with Crippen LogP contribution in [0.5, 0.6) is 0 Å². The Morgan fingerprint density at radius 3 is 2.33 bits per heavy atom. The lowest BCUT2D eigenvalue weighted by Crippen LogP contribution is -2.16. The largest absolute Gasteiger partial charge is 0.481 e. The highest BCUT2D eigenvalue weighted by molar-refractivity contribution is 5.70. The molecule has 0 fully saturated rings. The molecular formula is C9H5F6NO2. The summed E-state index contributed by atoms with van der Waals surface area (Å²) in [6.45, 7) is 0. The first-order chi connectivity index (χ1) is 8.12. The van der Waals surface area contributed by atoms with Crippen molar-refractivity contribution < 1.29 is 36.2 Å². The number of carboxylic acid groups (broad SMARTS) is 1. The number of pyridine rings is 1. The average Bonchev–Trinajstić information content (AvgIpc) is 2.18. The summed E-state index contributed by atoms with van der Waals surface area (Å²) in [5.74, 6) is -3.59. The molecule has 100 valence electrons. The van der Waals surface area contributed by atoms with Crippen molar-refractivity contribution in [2.24, 2.45) is 0 Å². The Hall–Kier alpha value is -1.80. The third-order valence-corrected chi connectivity index (χ3v) is 1.89. The number of alkyl halides is 5. The molecule has 1 rings (SSSR count). The molecule has 0 saturated carbocycles. The monoisotopic (exact) mass is 273 g/mol. The predicted molar refractivity (Wildman–Crippen MR) is 45.5 cm³/mol. The van der Waals surface area contributed by atoms with Gasteiger partial charge in [0.15, 0.2) is 11.5 Å². The van der Waals surface area contributed by atoms with Crippen LogP contribution in [0.2, 0.25) is 0 Å². The molecule has 0 unspecified atom stereocenters. The summed E-state index contributed by atoms with van der Waals surface area (Å²) >= 11 is 0. The Bertz CT molecular complexity index is 471. The van der Waals surface area contributed by atoms with Crippen molar-refractivity contribution in [3.63, 3.8) is 0 Å². The second-order valence-electron chi connectivity index (χ2n) is 3.24. The molecule has 1 N–H and O–H groups in total. The molecule has 0 bridgehead atoms. The number of halogens is 6. The van der Waals surface area contributed by atoms with E-state index in [0.717, 1.165) is 0 Å². The molecule has 0 aliphatic carbocycles. The predicted octanol–water partition coefficient (Wildman–Crippen LogP) is 2.80. The first-order valence-corrected chi connectivity index (χ1v) is 4.39. The lowest BCUT2D eigenvalue weighted by atomic mass is 10.1. The van der Waals surface area contributed by atoms with Crippen molar-refractivity contribution in [1.82, 2.24) is 4.98 Å². The first kappa shape index (κ1) is 14.3. The number of hydrogen-bond donors (Lipinski definition) is 1. The van der Waals surface area contributed by atoms with Crippen LogP contribution in [0.25, 0.3) is 0 Å². The Labute approximate surface area is 96.1 Å². The average molecular weight is 273 g/mol. The fourth-order valence-corrected chi connectivity index (χ4v) is 1.20. The molecule has 0 spiro atoms. The van der Waals surface area contributed by atoms with E-state index in [4.69, 9.17) is 5.11 Å². The molecule has 0 atom stereocenters. The molecule has 0 saturated heterocycles. The summed E-state index contributed by atoms with van der Waals surface area (Å²) in [4.78, 5) is 12.8. The number of aromatic nitrogens is 1. The van der Waals surface area contributed by atoms with Gasteiger partial charge in [0.05, 0.1) is 6.42 Å². The number of carboxylic acids is 1. The van der Waals surface area contributed by atoms with Crippen LogP contribution in [-0.4, -0.2) is 16.1 Å². The van der Waals surface area contributed by atoms with E-state index in [9.17, 15) is 31.1 Å². The van der Waals surface area contributed by atoms with Crippen molar-refractivity contribution in [1.29, 1.82) is 0 Å². The summed E-state index contributed by atoms with van der Waals surface area (Å²) < 4.78 is 74.8. The van der Waals surface area contributed by atoms with Crippen molar-refractivity contribution in [2.45, 2.75) is 19.0 Å². The SMILES string of the molecule is O=C(O)Cc1cc(C(F)F)nc(C(F)(F)F)c1F. The van der Waals surface area contributed by atoms with Gasteiger partial charge in [-0.25, -0.2) is 18.2 Å². The van der Waals surface area contributed by atoms with Crippen LogP contribution < -0.4 is 0 Å². The van der Waals surface area contributed by atoms with Gasteiger partial charge in [0.2, 0.25) is 0 Å². The Balaban J connectivity index is 3.43. The molecule has 1 aromatic heterocycles. The van der Waals surface area contributed by atoms with Gasteiger partial charge in [0, 0.05) is 5.56 Å². The van der Waals surface area contributed by atoms with Crippen molar-refractivity contribution in [2.75, 3.05) is 0 Å². The smallest absolute Gasteiger partial charge is 0.436 e. The highest BCUT2D eigenvalue weighted by Crippen LogP contribution is 2.33. The summed E-state index contributed by atoms with van der Waals surface area (Å²) in [6, 6.07) is 0.309.